The maximum atomic E-state index is 12.0. The average molecular weight is 350 g/mol. The summed E-state index contributed by atoms with van der Waals surface area (Å²) in [5.74, 6) is -1.12. The SMILES string of the molecule is O=C(NC(Cc1ccnc2ccccc12)C(=O)O)OCc1ccccc1. The number of fused-ring (bicyclic) bond motifs is 1. The maximum Gasteiger partial charge on any atom is 0.408 e. The highest BCUT2D eigenvalue weighted by atomic mass is 16.5. The molecule has 1 aromatic heterocycles. The van der Waals surface area contributed by atoms with Gasteiger partial charge in [-0.15, -0.1) is 0 Å². The Balaban J connectivity index is 1.67. The molecule has 0 aliphatic heterocycles. The van der Waals surface area contributed by atoms with Crippen molar-refractivity contribution < 1.29 is 19.4 Å². The van der Waals surface area contributed by atoms with Crippen molar-refractivity contribution >= 4 is 23.0 Å². The molecule has 6 heteroatoms. The number of para-hydroxylation sites is 1. The Kier molecular flexibility index (Phi) is 5.43. The Hall–Kier alpha value is -3.41. The molecular formula is C20H18N2O4. The summed E-state index contributed by atoms with van der Waals surface area (Å²) in [6, 6.07) is 17.3. The van der Waals surface area contributed by atoms with E-state index in [9.17, 15) is 14.7 Å². The molecule has 0 bridgehead atoms. The standard InChI is InChI=1S/C20H18N2O4/c23-19(24)18(22-20(25)26-13-14-6-2-1-3-7-14)12-15-10-11-21-17-9-5-4-8-16(15)17/h1-11,18H,12-13H2,(H,22,25)(H,23,24). The highest BCUT2D eigenvalue weighted by Crippen LogP contribution is 2.18. The van der Waals surface area contributed by atoms with Crippen LogP contribution >= 0.6 is 0 Å². The van der Waals surface area contributed by atoms with Gasteiger partial charge in [-0.05, 0) is 23.3 Å². The van der Waals surface area contributed by atoms with Crippen molar-refractivity contribution in [2.45, 2.75) is 19.1 Å². The molecule has 3 aromatic rings. The molecule has 0 radical (unpaired) electrons. The van der Waals surface area contributed by atoms with Crippen LogP contribution in [-0.4, -0.2) is 28.2 Å². The summed E-state index contributed by atoms with van der Waals surface area (Å²) in [4.78, 5) is 27.8. The number of aromatic nitrogens is 1. The molecule has 2 N–H and O–H groups in total. The van der Waals surface area contributed by atoms with Gasteiger partial charge in [-0.1, -0.05) is 48.5 Å². The molecule has 132 valence electrons. The molecule has 0 saturated carbocycles. The summed E-state index contributed by atoms with van der Waals surface area (Å²) >= 11 is 0. The summed E-state index contributed by atoms with van der Waals surface area (Å²) in [6.45, 7) is 0.0806. The monoisotopic (exact) mass is 350 g/mol. The molecule has 0 aliphatic rings. The van der Waals surface area contributed by atoms with Gasteiger partial charge in [0.25, 0.3) is 0 Å². The highest BCUT2D eigenvalue weighted by molar-refractivity contribution is 5.84. The molecule has 2 aromatic carbocycles. The number of carbonyl (C=O) groups excluding carboxylic acids is 1. The lowest BCUT2D eigenvalue weighted by atomic mass is 10.0. The van der Waals surface area contributed by atoms with E-state index in [1.54, 1.807) is 12.3 Å². The van der Waals surface area contributed by atoms with Gasteiger partial charge in [0.15, 0.2) is 0 Å². The molecule has 6 nitrogen and oxygen atoms in total. The summed E-state index contributed by atoms with van der Waals surface area (Å²) in [5, 5.41) is 12.7. The molecule has 0 spiro atoms. The minimum Gasteiger partial charge on any atom is -0.480 e. The summed E-state index contributed by atoms with van der Waals surface area (Å²) in [6.07, 6.45) is 1.00. The Morgan fingerprint density at radius 2 is 1.77 bits per heavy atom. The third kappa shape index (κ3) is 4.36. The van der Waals surface area contributed by atoms with Crippen LogP contribution in [0.25, 0.3) is 10.9 Å². The Labute approximate surface area is 150 Å². The van der Waals surface area contributed by atoms with Gasteiger partial charge < -0.3 is 15.2 Å². The largest absolute Gasteiger partial charge is 0.480 e. The number of ether oxygens (including phenoxy) is 1. The first-order valence-electron chi connectivity index (χ1n) is 8.16. The third-order valence-corrected chi connectivity index (χ3v) is 3.97. The summed E-state index contributed by atoms with van der Waals surface area (Å²) < 4.78 is 5.11. The topological polar surface area (TPSA) is 88.5 Å². The quantitative estimate of drug-likeness (QED) is 0.713. The first-order valence-corrected chi connectivity index (χ1v) is 8.16. The van der Waals surface area contributed by atoms with Crippen molar-refractivity contribution in [2.75, 3.05) is 0 Å². The number of rotatable bonds is 6. The second kappa shape index (κ2) is 8.11. The molecule has 3 rings (SSSR count). The van der Waals surface area contributed by atoms with Crippen LogP contribution in [0.1, 0.15) is 11.1 Å². The van der Waals surface area contributed by atoms with Crippen LogP contribution in [0.15, 0.2) is 66.9 Å². The normalized spacial score (nSPS) is 11.7. The number of hydrogen-bond acceptors (Lipinski definition) is 4. The number of nitrogens with zero attached hydrogens (tertiary/aromatic N) is 1. The van der Waals surface area contributed by atoms with Crippen LogP contribution in [0.2, 0.25) is 0 Å². The lowest BCUT2D eigenvalue weighted by molar-refractivity contribution is -0.139. The molecule has 1 unspecified atom stereocenters. The van der Waals surface area contributed by atoms with Crippen LogP contribution in [0.5, 0.6) is 0 Å². The molecule has 0 aliphatic carbocycles. The number of aliphatic carboxylic acids is 1. The maximum absolute atomic E-state index is 12.0. The number of hydrogen-bond donors (Lipinski definition) is 2. The van der Waals surface area contributed by atoms with E-state index in [4.69, 9.17) is 4.74 Å². The van der Waals surface area contributed by atoms with Gasteiger partial charge in [-0.2, -0.15) is 0 Å². The molecule has 1 amide bonds. The van der Waals surface area contributed by atoms with Crippen LogP contribution < -0.4 is 5.32 Å². The predicted octanol–water partition coefficient (Wildman–Crippen LogP) is 3.16. The molecule has 0 saturated heterocycles. The number of pyridine rings is 1. The van der Waals surface area contributed by atoms with Crippen molar-refractivity contribution in [3.63, 3.8) is 0 Å². The molecular weight excluding hydrogens is 332 g/mol. The highest BCUT2D eigenvalue weighted by Gasteiger charge is 2.22. The zero-order valence-electron chi connectivity index (χ0n) is 14.0. The number of amides is 1. The number of carbonyl (C=O) groups is 2. The van der Waals surface area contributed by atoms with Gasteiger partial charge in [-0.25, -0.2) is 9.59 Å². The Morgan fingerprint density at radius 3 is 2.54 bits per heavy atom. The Morgan fingerprint density at radius 1 is 1.04 bits per heavy atom. The molecule has 1 heterocycles. The van der Waals surface area contributed by atoms with E-state index < -0.39 is 18.1 Å². The van der Waals surface area contributed by atoms with Crippen LogP contribution in [-0.2, 0) is 22.6 Å². The zero-order chi connectivity index (χ0) is 18.4. The molecule has 26 heavy (non-hydrogen) atoms. The smallest absolute Gasteiger partial charge is 0.408 e. The van der Waals surface area contributed by atoms with Crippen molar-refractivity contribution in [3.05, 3.63) is 78.0 Å². The minimum atomic E-state index is -1.12. The van der Waals surface area contributed by atoms with E-state index in [1.807, 2.05) is 54.6 Å². The van der Waals surface area contributed by atoms with Gasteiger partial charge in [0, 0.05) is 18.0 Å². The van der Waals surface area contributed by atoms with E-state index in [1.165, 1.54) is 0 Å². The Bertz CT molecular complexity index is 907. The fourth-order valence-electron chi connectivity index (χ4n) is 2.66. The van der Waals surface area contributed by atoms with E-state index in [2.05, 4.69) is 10.3 Å². The fraction of sp³-hybridized carbons (Fsp3) is 0.150. The first kappa shape index (κ1) is 17.4. The van der Waals surface area contributed by atoms with Gasteiger partial charge in [0.2, 0.25) is 0 Å². The van der Waals surface area contributed by atoms with Gasteiger partial charge in [0.05, 0.1) is 5.52 Å². The lowest BCUT2D eigenvalue weighted by Gasteiger charge is -2.15. The number of nitrogens with one attached hydrogen (secondary N) is 1. The van der Waals surface area contributed by atoms with Crippen LogP contribution in [0, 0.1) is 0 Å². The third-order valence-electron chi connectivity index (χ3n) is 3.97. The molecule has 0 fully saturated rings. The zero-order valence-corrected chi connectivity index (χ0v) is 14.0. The second-order valence-corrected chi connectivity index (χ2v) is 5.79. The van der Waals surface area contributed by atoms with Crippen LogP contribution in [0.3, 0.4) is 0 Å². The van der Waals surface area contributed by atoms with E-state index >= 15 is 0 Å². The molecule has 1 atom stereocenters. The fourth-order valence-corrected chi connectivity index (χ4v) is 2.66. The van der Waals surface area contributed by atoms with E-state index in [-0.39, 0.29) is 13.0 Å². The summed E-state index contributed by atoms with van der Waals surface area (Å²) in [7, 11) is 0. The van der Waals surface area contributed by atoms with E-state index in [0.717, 1.165) is 22.0 Å². The van der Waals surface area contributed by atoms with E-state index in [0.29, 0.717) is 0 Å². The summed E-state index contributed by atoms with van der Waals surface area (Å²) in [5.41, 5.74) is 2.40. The first-order chi connectivity index (χ1) is 12.6. The number of carboxylic acids is 1. The average Bonchev–Trinajstić information content (AvgIpc) is 2.67. The van der Waals surface area contributed by atoms with Crippen molar-refractivity contribution in [1.29, 1.82) is 0 Å². The van der Waals surface area contributed by atoms with Gasteiger partial charge in [-0.3, -0.25) is 4.98 Å². The second-order valence-electron chi connectivity index (χ2n) is 5.79. The van der Waals surface area contributed by atoms with Crippen molar-refractivity contribution in [2.24, 2.45) is 0 Å². The van der Waals surface area contributed by atoms with Crippen LogP contribution in [0.4, 0.5) is 4.79 Å². The lowest BCUT2D eigenvalue weighted by Crippen LogP contribution is -2.42. The minimum absolute atomic E-state index is 0.0806. The van der Waals surface area contributed by atoms with Gasteiger partial charge in [0.1, 0.15) is 12.6 Å². The van der Waals surface area contributed by atoms with Gasteiger partial charge >= 0.3 is 12.1 Å². The number of carboxylic acid groups (broad SMARTS) is 1. The van der Waals surface area contributed by atoms with Crippen molar-refractivity contribution in [1.82, 2.24) is 10.3 Å². The number of alkyl carbamates (subject to hydrolysis) is 1. The van der Waals surface area contributed by atoms with Crippen molar-refractivity contribution in [3.8, 4) is 0 Å². The predicted molar refractivity (Wildman–Crippen MR) is 96.6 cm³/mol. The number of benzene rings is 2.